The zero-order valence-corrected chi connectivity index (χ0v) is 15.1. The molecule has 4 nitrogen and oxygen atoms in total. The highest BCUT2D eigenvalue weighted by Crippen LogP contribution is 2.10. The second-order valence-electron chi connectivity index (χ2n) is 4.52. The number of anilines is 1. The van der Waals surface area contributed by atoms with Crippen molar-refractivity contribution in [2.45, 2.75) is 20.3 Å². The van der Waals surface area contributed by atoms with E-state index < -0.39 is 0 Å². The maximum Gasteiger partial charge on any atom is 0.191 e. The lowest BCUT2D eigenvalue weighted by Crippen LogP contribution is -2.37. The van der Waals surface area contributed by atoms with E-state index in [9.17, 15) is 0 Å². The normalized spacial score (nSPS) is 10.8. The van der Waals surface area contributed by atoms with Crippen molar-refractivity contribution in [3.63, 3.8) is 0 Å². The highest BCUT2D eigenvalue weighted by Gasteiger charge is 2.02. The lowest BCUT2D eigenvalue weighted by Gasteiger charge is -2.20. The Balaban J connectivity index is 0.00000361. The summed E-state index contributed by atoms with van der Waals surface area (Å²) in [5, 5.41) is 0. The molecule has 0 heterocycles. The molecule has 0 aliphatic heterocycles. The Bertz CT molecular complexity index is 377. The molecule has 5 heteroatoms. The monoisotopic (exact) mass is 390 g/mol. The molecule has 0 bridgehead atoms. The predicted octanol–water partition coefficient (Wildman–Crippen LogP) is 2.79. The van der Waals surface area contributed by atoms with Crippen molar-refractivity contribution in [2.24, 2.45) is 10.7 Å². The maximum absolute atomic E-state index is 5.93. The molecule has 1 rings (SSSR count). The summed E-state index contributed by atoms with van der Waals surface area (Å²) < 4.78 is 0. The van der Waals surface area contributed by atoms with E-state index >= 15 is 0 Å². The summed E-state index contributed by atoms with van der Waals surface area (Å²) >= 11 is 0. The lowest BCUT2D eigenvalue weighted by molar-refractivity contribution is 0.458. The van der Waals surface area contributed by atoms with Gasteiger partial charge in [-0.15, -0.1) is 24.0 Å². The quantitative estimate of drug-likeness (QED) is 0.337. The first kappa shape index (κ1) is 19.0. The zero-order valence-electron chi connectivity index (χ0n) is 12.7. The van der Waals surface area contributed by atoms with Crippen molar-refractivity contribution >= 4 is 35.6 Å². The van der Waals surface area contributed by atoms with Crippen LogP contribution >= 0.6 is 24.0 Å². The molecule has 114 valence electrons. The average Bonchev–Trinajstić information content (AvgIpc) is 2.45. The summed E-state index contributed by atoms with van der Waals surface area (Å²) in [6.07, 6.45) is 1.01. The fraction of sp³-hybridized carbons (Fsp3) is 0.533. The number of hydrogen-bond donors (Lipinski definition) is 1. The molecule has 0 atom stereocenters. The Morgan fingerprint density at radius 2 is 1.75 bits per heavy atom. The first-order valence-electron chi connectivity index (χ1n) is 7.00. The fourth-order valence-electron chi connectivity index (χ4n) is 1.96. The third-order valence-corrected chi connectivity index (χ3v) is 3.21. The largest absolute Gasteiger partial charge is 0.375 e. The van der Waals surface area contributed by atoms with Gasteiger partial charge in [-0.1, -0.05) is 18.2 Å². The molecule has 0 unspecified atom stereocenters. The van der Waals surface area contributed by atoms with Crippen LogP contribution in [-0.2, 0) is 0 Å². The zero-order chi connectivity index (χ0) is 14.1. The van der Waals surface area contributed by atoms with E-state index in [1.54, 1.807) is 0 Å². The summed E-state index contributed by atoms with van der Waals surface area (Å²) in [5.41, 5.74) is 7.17. The molecule has 1 aromatic rings. The van der Waals surface area contributed by atoms with Crippen LogP contribution in [0.2, 0.25) is 0 Å². The van der Waals surface area contributed by atoms with Gasteiger partial charge in [-0.05, 0) is 32.4 Å². The third kappa shape index (κ3) is 6.45. The van der Waals surface area contributed by atoms with E-state index in [0.29, 0.717) is 5.96 Å². The summed E-state index contributed by atoms with van der Waals surface area (Å²) in [4.78, 5) is 8.74. The standard InChI is InChI=1S/C15H26N4.HI/c1-4-19(5-2)15(16)17-12-9-13-18(3)14-10-7-6-8-11-14;/h6-8,10-11H,4-5,9,12-13H2,1-3H3,(H2,16,17);1H. The van der Waals surface area contributed by atoms with Gasteiger partial charge in [0.15, 0.2) is 5.96 Å². The Morgan fingerprint density at radius 3 is 2.30 bits per heavy atom. The number of aliphatic imine (C=N–C) groups is 1. The second-order valence-corrected chi connectivity index (χ2v) is 4.52. The molecule has 0 aliphatic carbocycles. The SMILES string of the molecule is CCN(CC)C(N)=NCCCN(C)c1ccccc1.I. The van der Waals surface area contributed by atoms with Crippen molar-refractivity contribution in [3.8, 4) is 0 Å². The Kier molecular flexibility index (Phi) is 10.2. The minimum Gasteiger partial charge on any atom is -0.375 e. The Labute approximate surface area is 140 Å². The molecule has 0 amide bonds. The molecule has 0 fully saturated rings. The molecule has 0 spiro atoms. The van der Waals surface area contributed by atoms with Gasteiger partial charge in [0.2, 0.25) is 0 Å². The van der Waals surface area contributed by atoms with E-state index in [1.807, 2.05) is 6.07 Å². The molecule has 20 heavy (non-hydrogen) atoms. The van der Waals surface area contributed by atoms with Crippen LogP contribution in [0.25, 0.3) is 0 Å². The van der Waals surface area contributed by atoms with Gasteiger partial charge in [-0.25, -0.2) is 0 Å². The maximum atomic E-state index is 5.93. The van der Waals surface area contributed by atoms with E-state index in [2.05, 4.69) is 60.0 Å². The highest BCUT2D eigenvalue weighted by molar-refractivity contribution is 14.0. The minimum atomic E-state index is 0. The molecule has 1 aromatic carbocycles. The first-order chi connectivity index (χ1) is 9.19. The fourth-order valence-corrected chi connectivity index (χ4v) is 1.96. The smallest absolute Gasteiger partial charge is 0.191 e. The number of nitrogens with two attached hydrogens (primary N) is 1. The van der Waals surface area contributed by atoms with Crippen molar-refractivity contribution < 1.29 is 0 Å². The van der Waals surface area contributed by atoms with Gasteiger partial charge in [0.25, 0.3) is 0 Å². The van der Waals surface area contributed by atoms with Crippen LogP contribution in [-0.4, -0.2) is 44.1 Å². The van der Waals surface area contributed by atoms with Crippen LogP contribution in [0.3, 0.4) is 0 Å². The van der Waals surface area contributed by atoms with Crippen molar-refractivity contribution in [3.05, 3.63) is 30.3 Å². The van der Waals surface area contributed by atoms with Gasteiger partial charge in [-0.2, -0.15) is 0 Å². The summed E-state index contributed by atoms with van der Waals surface area (Å²) in [7, 11) is 2.10. The number of rotatable bonds is 7. The van der Waals surface area contributed by atoms with E-state index in [-0.39, 0.29) is 24.0 Å². The van der Waals surface area contributed by atoms with Crippen LogP contribution in [0.5, 0.6) is 0 Å². The summed E-state index contributed by atoms with van der Waals surface area (Å²) in [5.74, 6) is 0.660. The minimum absolute atomic E-state index is 0. The van der Waals surface area contributed by atoms with Crippen LogP contribution in [0.4, 0.5) is 5.69 Å². The van der Waals surface area contributed by atoms with Gasteiger partial charge in [0.05, 0.1) is 0 Å². The van der Waals surface area contributed by atoms with Crippen LogP contribution in [0, 0.1) is 0 Å². The van der Waals surface area contributed by atoms with E-state index in [4.69, 9.17) is 5.73 Å². The molecule has 0 saturated carbocycles. The van der Waals surface area contributed by atoms with E-state index in [0.717, 1.165) is 32.6 Å². The van der Waals surface area contributed by atoms with E-state index in [1.165, 1.54) is 5.69 Å². The number of guanidine groups is 1. The predicted molar refractivity (Wildman–Crippen MR) is 99.2 cm³/mol. The molecule has 2 N–H and O–H groups in total. The third-order valence-electron chi connectivity index (χ3n) is 3.21. The summed E-state index contributed by atoms with van der Waals surface area (Å²) in [6.45, 7) is 7.77. The molecular weight excluding hydrogens is 363 g/mol. The Morgan fingerprint density at radius 1 is 1.15 bits per heavy atom. The van der Waals surface area contributed by atoms with Gasteiger partial charge >= 0.3 is 0 Å². The topological polar surface area (TPSA) is 44.9 Å². The second kappa shape index (κ2) is 10.8. The molecule has 0 radical (unpaired) electrons. The van der Waals surface area contributed by atoms with Gasteiger partial charge in [-0.3, -0.25) is 4.99 Å². The molecule has 0 aromatic heterocycles. The van der Waals surface area contributed by atoms with Crippen molar-refractivity contribution in [1.82, 2.24) is 4.90 Å². The van der Waals surface area contributed by atoms with Gasteiger partial charge in [0, 0.05) is 38.9 Å². The van der Waals surface area contributed by atoms with Gasteiger partial charge in [0.1, 0.15) is 0 Å². The highest BCUT2D eigenvalue weighted by atomic mass is 127. The first-order valence-corrected chi connectivity index (χ1v) is 7.00. The van der Waals surface area contributed by atoms with Gasteiger partial charge < -0.3 is 15.5 Å². The molecular formula is C15H27IN4. The number of nitrogens with zero attached hydrogens (tertiary/aromatic N) is 3. The molecule has 0 saturated heterocycles. The average molecular weight is 390 g/mol. The van der Waals surface area contributed by atoms with Crippen LogP contribution in [0.15, 0.2) is 35.3 Å². The van der Waals surface area contributed by atoms with Crippen LogP contribution < -0.4 is 10.6 Å². The van der Waals surface area contributed by atoms with Crippen molar-refractivity contribution in [1.29, 1.82) is 0 Å². The number of halogens is 1. The lowest BCUT2D eigenvalue weighted by atomic mass is 10.3. The van der Waals surface area contributed by atoms with Crippen LogP contribution in [0.1, 0.15) is 20.3 Å². The number of para-hydroxylation sites is 1. The number of hydrogen-bond acceptors (Lipinski definition) is 2. The number of benzene rings is 1. The summed E-state index contributed by atoms with van der Waals surface area (Å²) in [6, 6.07) is 10.4. The molecule has 0 aliphatic rings. The Hall–Kier alpha value is -0.980. The van der Waals surface area contributed by atoms with Crippen molar-refractivity contribution in [2.75, 3.05) is 38.1 Å².